The first-order valence-electron chi connectivity index (χ1n) is 18.8. The van der Waals surface area contributed by atoms with Crippen molar-refractivity contribution in [3.05, 3.63) is 60.2 Å². The minimum absolute atomic E-state index is 0.0599. The van der Waals surface area contributed by atoms with Crippen molar-refractivity contribution < 1.29 is 38.7 Å². The molecule has 1 aliphatic heterocycles. The Balaban J connectivity index is 1.83. The van der Waals surface area contributed by atoms with Gasteiger partial charge < -0.3 is 15.3 Å². The van der Waals surface area contributed by atoms with Gasteiger partial charge in [-0.05, 0) is 50.5 Å². The zero-order valence-electron chi connectivity index (χ0n) is 32.4. The molecule has 1 aliphatic rings. The lowest BCUT2D eigenvalue weighted by atomic mass is 9.80. The van der Waals surface area contributed by atoms with Crippen LogP contribution in [0.15, 0.2) is 48.9 Å². The van der Waals surface area contributed by atoms with Gasteiger partial charge in [-0.25, -0.2) is 4.98 Å². The van der Waals surface area contributed by atoms with Gasteiger partial charge >= 0.3 is 5.97 Å². The molecule has 0 spiro atoms. The maximum absolute atomic E-state index is 14.5. The lowest BCUT2D eigenvalue weighted by Crippen LogP contribution is -2.51. The van der Waals surface area contributed by atoms with Crippen molar-refractivity contribution in [1.29, 1.82) is 0 Å². The van der Waals surface area contributed by atoms with Crippen molar-refractivity contribution in [1.82, 2.24) is 20.2 Å². The number of nitrogens with zero attached hydrogens (tertiary/aromatic N) is 3. The van der Waals surface area contributed by atoms with Crippen LogP contribution < -0.4 is 5.32 Å². The molecule has 294 valence electrons. The van der Waals surface area contributed by atoms with Crippen LogP contribution in [0.1, 0.15) is 103 Å². The molecule has 0 saturated carbocycles. The van der Waals surface area contributed by atoms with Crippen LogP contribution in [0.3, 0.4) is 0 Å². The number of amides is 2. The Morgan fingerprint density at radius 3 is 2.15 bits per heavy atom. The van der Waals surface area contributed by atoms with Gasteiger partial charge in [-0.15, -0.1) is 0 Å². The van der Waals surface area contributed by atoms with E-state index in [0.717, 1.165) is 5.56 Å². The molecular formula is C41H55BrN4O8. The average molecular weight is 812 g/mol. The number of aliphatic carboxylic acids is 1. The van der Waals surface area contributed by atoms with E-state index in [-0.39, 0.29) is 73.1 Å². The van der Waals surface area contributed by atoms with Crippen molar-refractivity contribution in [3.63, 3.8) is 0 Å². The summed E-state index contributed by atoms with van der Waals surface area (Å²) < 4.78 is -0.578. The fraction of sp³-hybridized carbons (Fsp3) is 0.585. The Bertz CT molecular complexity index is 1640. The molecule has 2 aromatic rings. The van der Waals surface area contributed by atoms with Gasteiger partial charge in [-0.2, -0.15) is 0 Å². The molecule has 0 radical (unpaired) electrons. The zero-order chi connectivity index (χ0) is 40.3. The van der Waals surface area contributed by atoms with Crippen LogP contribution >= 0.6 is 15.9 Å². The van der Waals surface area contributed by atoms with E-state index >= 15 is 0 Å². The number of Topliss-reactive ketones (excluding diaryl/α,β-unsaturated/α-hetero) is 4. The molecule has 3 rings (SSSR count). The summed E-state index contributed by atoms with van der Waals surface area (Å²) in [5, 5.41) is 12.6. The standard InChI is InChI=1S/C41H55BrN4O8/c1-8-12-27(37(50)34(49)21-28(40(53)54)19-26-13-10-9-11-14-26)20-33(48)36-30(41(6,7)42)15-18-46(36)39(52)29(24(2)3)22-32(47)35(25(4)5)45-38(51)31-23-43-16-17-44-31/h9-11,13-14,16-17,23-25,27-30,35-36H,8,12,15,18-22H2,1-7H3,(H,45,51)(H,53,54)/t27?,28-,29+,30+,35+,36+/m1/s1. The molecule has 0 bridgehead atoms. The lowest BCUT2D eigenvalue weighted by molar-refractivity contribution is -0.147. The molecule has 1 fully saturated rings. The van der Waals surface area contributed by atoms with Crippen LogP contribution in [0.25, 0.3) is 0 Å². The minimum Gasteiger partial charge on any atom is -0.481 e. The summed E-state index contributed by atoms with van der Waals surface area (Å²) in [7, 11) is 0. The van der Waals surface area contributed by atoms with Gasteiger partial charge in [-0.3, -0.25) is 38.5 Å². The highest BCUT2D eigenvalue weighted by molar-refractivity contribution is 9.10. The number of alkyl halides is 1. The van der Waals surface area contributed by atoms with Crippen molar-refractivity contribution in [2.24, 2.45) is 35.5 Å². The first kappa shape index (κ1) is 44.3. The van der Waals surface area contributed by atoms with Crippen LogP contribution in [0, 0.1) is 35.5 Å². The third-order valence-corrected chi connectivity index (χ3v) is 11.0. The Hall–Kier alpha value is -4.13. The molecule has 6 atom stereocenters. The SMILES string of the molecule is CCCC(CC(=O)[C@@H]1[C@@H](C(C)(C)Br)CCN1C(=O)[C@@H](CC(=O)[C@@H](NC(=O)c1cnccn1)C(C)C)C(C)C)C(=O)C(=O)C[C@@H](Cc1ccccc1)C(=O)O. The number of hydrogen-bond donors (Lipinski definition) is 2. The monoisotopic (exact) mass is 810 g/mol. The third-order valence-electron chi connectivity index (χ3n) is 10.4. The summed E-state index contributed by atoms with van der Waals surface area (Å²) in [6, 6.07) is 7.05. The van der Waals surface area contributed by atoms with Gasteiger partial charge in [0.05, 0.1) is 24.2 Å². The van der Waals surface area contributed by atoms with Crippen molar-refractivity contribution in [2.45, 2.75) is 110 Å². The molecular weight excluding hydrogens is 756 g/mol. The molecule has 1 aromatic heterocycles. The van der Waals surface area contributed by atoms with Crippen LogP contribution in [0.4, 0.5) is 0 Å². The molecule has 13 heteroatoms. The van der Waals surface area contributed by atoms with E-state index in [2.05, 4.69) is 31.2 Å². The smallest absolute Gasteiger partial charge is 0.307 e. The highest BCUT2D eigenvalue weighted by atomic mass is 79.9. The second kappa shape index (κ2) is 20.0. The Kier molecular flexibility index (Phi) is 16.4. The van der Waals surface area contributed by atoms with E-state index in [9.17, 15) is 38.7 Å². The van der Waals surface area contributed by atoms with Crippen molar-refractivity contribution in [2.75, 3.05) is 6.54 Å². The van der Waals surface area contributed by atoms with E-state index in [0.29, 0.717) is 12.8 Å². The quantitative estimate of drug-likeness (QED) is 0.117. The number of carbonyl (C=O) groups is 7. The summed E-state index contributed by atoms with van der Waals surface area (Å²) in [6.07, 6.45) is 4.51. The van der Waals surface area contributed by atoms with Gasteiger partial charge in [-0.1, -0.05) is 87.3 Å². The highest BCUT2D eigenvalue weighted by Crippen LogP contribution is 2.41. The minimum atomic E-state index is -1.18. The molecule has 2 heterocycles. The number of ketones is 4. The largest absolute Gasteiger partial charge is 0.481 e. The molecule has 0 aliphatic carbocycles. The summed E-state index contributed by atoms with van der Waals surface area (Å²) in [6.45, 7) is 13.2. The summed E-state index contributed by atoms with van der Waals surface area (Å²) >= 11 is 3.72. The number of halogens is 1. The predicted octanol–water partition coefficient (Wildman–Crippen LogP) is 5.70. The van der Waals surface area contributed by atoms with Crippen molar-refractivity contribution in [3.8, 4) is 0 Å². The molecule has 1 aromatic carbocycles. The maximum atomic E-state index is 14.5. The number of carbonyl (C=O) groups excluding carboxylic acids is 6. The second-order valence-corrected chi connectivity index (χ2v) is 17.7. The normalized spacial score (nSPS) is 18.1. The van der Waals surface area contributed by atoms with E-state index < -0.39 is 64.0 Å². The molecule has 1 saturated heterocycles. The number of rotatable bonds is 21. The fourth-order valence-corrected chi connectivity index (χ4v) is 7.79. The van der Waals surface area contributed by atoms with Crippen LogP contribution in [0.2, 0.25) is 0 Å². The number of benzene rings is 1. The average Bonchev–Trinajstić information content (AvgIpc) is 3.59. The van der Waals surface area contributed by atoms with Crippen LogP contribution in [0.5, 0.6) is 0 Å². The second-order valence-electron chi connectivity index (χ2n) is 15.6. The van der Waals surface area contributed by atoms with E-state index in [1.54, 1.807) is 44.2 Å². The topological polar surface area (TPSA) is 181 Å². The lowest BCUT2D eigenvalue weighted by Gasteiger charge is -2.36. The highest BCUT2D eigenvalue weighted by Gasteiger charge is 2.49. The summed E-state index contributed by atoms with van der Waals surface area (Å²) in [4.78, 5) is 104. The molecule has 12 nitrogen and oxygen atoms in total. The zero-order valence-corrected chi connectivity index (χ0v) is 34.0. The number of carboxylic acid groups (broad SMARTS) is 1. The Morgan fingerprint density at radius 2 is 1.61 bits per heavy atom. The van der Waals surface area contributed by atoms with Gasteiger partial charge in [0.25, 0.3) is 5.91 Å². The van der Waals surface area contributed by atoms with E-state index in [4.69, 9.17) is 0 Å². The van der Waals surface area contributed by atoms with E-state index in [1.165, 1.54) is 23.5 Å². The van der Waals surface area contributed by atoms with Crippen molar-refractivity contribution >= 4 is 56.8 Å². The molecule has 2 amide bonds. The Labute approximate surface area is 326 Å². The number of carboxylic acids is 1. The van der Waals surface area contributed by atoms with Crippen LogP contribution in [-0.4, -0.2) is 83.8 Å². The third kappa shape index (κ3) is 11.9. The van der Waals surface area contributed by atoms with Gasteiger partial charge in [0, 0.05) is 60.3 Å². The number of nitrogens with one attached hydrogen (secondary N) is 1. The predicted molar refractivity (Wildman–Crippen MR) is 207 cm³/mol. The van der Waals surface area contributed by atoms with Gasteiger partial charge in [0.2, 0.25) is 11.7 Å². The van der Waals surface area contributed by atoms with Gasteiger partial charge in [0.1, 0.15) is 5.69 Å². The number of likely N-dealkylation sites (tertiary alicyclic amines) is 1. The molecule has 1 unspecified atom stereocenters. The number of aromatic nitrogens is 2. The van der Waals surface area contributed by atoms with Crippen LogP contribution in [-0.2, 0) is 35.2 Å². The first-order chi connectivity index (χ1) is 25.4. The molecule has 54 heavy (non-hydrogen) atoms. The first-order valence-corrected chi connectivity index (χ1v) is 19.6. The maximum Gasteiger partial charge on any atom is 0.307 e. The fourth-order valence-electron chi connectivity index (χ4n) is 7.31. The molecule has 2 N–H and O–H groups in total. The summed E-state index contributed by atoms with van der Waals surface area (Å²) in [5.41, 5.74) is 0.789. The van der Waals surface area contributed by atoms with Gasteiger partial charge in [0.15, 0.2) is 17.3 Å². The Morgan fingerprint density at radius 1 is 0.944 bits per heavy atom. The van der Waals surface area contributed by atoms with E-state index in [1.807, 2.05) is 34.6 Å². The summed E-state index contributed by atoms with van der Waals surface area (Å²) in [5.74, 6) is -8.17. The number of hydrogen-bond acceptors (Lipinski definition) is 9.